The Labute approximate surface area is 153 Å². The van der Waals surface area contributed by atoms with Crippen LogP contribution in [0.4, 0.5) is 0 Å². The van der Waals surface area contributed by atoms with Gasteiger partial charge in [-0.15, -0.1) is 0 Å². The molecule has 5 nitrogen and oxygen atoms in total. The van der Waals surface area contributed by atoms with Gasteiger partial charge in [0, 0.05) is 35.3 Å². The van der Waals surface area contributed by atoms with Crippen LogP contribution in [-0.4, -0.2) is 25.5 Å². The van der Waals surface area contributed by atoms with Gasteiger partial charge in [-0.25, -0.2) is 4.98 Å². The van der Waals surface area contributed by atoms with Gasteiger partial charge in [0.1, 0.15) is 16.4 Å². The van der Waals surface area contributed by atoms with E-state index in [9.17, 15) is 4.79 Å². The van der Waals surface area contributed by atoms with Gasteiger partial charge in [-0.1, -0.05) is 59.9 Å². The molecule has 0 unspecified atom stereocenters. The van der Waals surface area contributed by atoms with E-state index in [1.165, 1.54) is 11.3 Å². The van der Waals surface area contributed by atoms with E-state index in [4.69, 9.17) is 5.10 Å². The van der Waals surface area contributed by atoms with Gasteiger partial charge in [-0.2, -0.15) is 9.61 Å². The van der Waals surface area contributed by atoms with Crippen LogP contribution in [-0.2, 0) is 7.05 Å². The number of imidazole rings is 1. The van der Waals surface area contributed by atoms with Crippen molar-refractivity contribution in [2.75, 3.05) is 0 Å². The first kappa shape index (κ1) is 15.0. The predicted octanol–water partition coefficient (Wildman–Crippen LogP) is 4.43. The molecule has 26 heavy (non-hydrogen) atoms. The van der Waals surface area contributed by atoms with Crippen molar-refractivity contribution in [2.45, 2.75) is 0 Å². The number of hydrogen-bond donors (Lipinski definition) is 0. The first-order valence-electron chi connectivity index (χ1n) is 8.21. The predicted molar refractivity (Wildman–Crippen MR) is 104 cm³/mol. The summed E-state index contributed by atoms with van der Waals surface area (Å²) in [5, 5.41) is 6.69. The van der Waals surface area contributed by atoms with Crippen LogP contribution in [0.5, 0.6) is 0 Å². The van der Waals surface area contributed by atoms with Gasteiger partial charge in [0.15, 0.2) is 6.29 Å². The summed E-state index contributed by atoms with van der Waals surface area (Å²) in [6.45, 7) is 0. The van der Waals surface area contributed by atoms with Gasteiger partial charge in [0.25, 0.3) is 0 Å². The molecule has 5 rings (SSSR count). The molecular weight excluding hydrogens is 344 g/mol. The van der Waals surface area contributed by atoms with Gasteiger partial charge in [0.05, 0.1) is 0 Å². The van der Waals surface area contributed by atoms with Gasteiger partial charge >= 0.3 is 0 Å². The maximum atomic E-state index is 11.7. The molecule has 3 heterocycles. The number of carbonyl (C=O) groups excluding carboxylic acids is 1. The zero-order chi connectivity index (χ0) is 17.7. The minimum Gasteiger partial charge on any atom is -0.350 e. The zero-order valence-corrected chi connectivity index (χ0v) is 14.8. The van der Waals surface area contributed by atoms with Crippen LogP contribution in [0.15, 0.2) is 60.8 Å². The summed E-state index contributed by atoms with van der Waals surface area (Å²) in [6, 6.07) is 17.9. The van der Waals surface area contributed by atoms with E-state index < -0.39 is 0 Å². The van der Waals surface area contributed by atoms with Crippen LogP contribution in [0, 0.1) is 0 Å². The first-order valence-corrected chi connectivity index (χ1v) is 9.02. The summed E-state index contributed by atoms with van der Waals surface area (Å²) in [4.78, 5) is 17.1. The molecule has 0 radical (unpaired) electrons. The summed E-state index contributed by atoms with van der Waals surface area (Å²) in [5.74, 6) is 0. The monoisotopic (exact) mass is 358 g/mol. The van der Waals surface area contributed by atoms with Crippen LogP contribution in [0.1, 0.15) is 10.5 Å². The van der Waals surface area contributed by atoms with Crippen molar-refractivity contribution < 1.29 is 4.79 Å². The summed E-state index contributed by atoms with van der Waals surface area (Å²) >= 11 is 1.49. The maximum absolute atomic E-state index is 11.7. The Bertz CT molecular complexity index is 1260. The number of aromatic nitrogens is 4. The van der Waals surface area contributed by atoms with Gasteiger partial charge < -0.3 is 4.57 Å². The SMILES string of the molecule is Cn1cc(-c2nn3c(C=O)c(-c4ccccc4)nc3s2)c2ccccc21. The smallest absolute Gasteiger partial charge is 0.213 e. The molecule has 0 amide bonds. The number of hydrogen-bond acceptors (Lipinski definition) is 4. The summed E-state index contributed by atoms with van der Waals surface area (Å²) in [7, 11) is 2.02. The van der Waals surface area contributed by atoms with E-state index in [0.29, 0.717) is 16.3 Å². The van der Waals surface area contributed by atoms with Crippen molar-refractivity contribution in [3.63, 3.8) is 0 Å². The van der Waals surface area contributed by atoms with Crippen molar-refractivity contribution in [2.24, 2.45) is 7.05 Å². The maximum Gasteiger partial charge on any atom is 0.213 e. The molecule has 0 aliphatic rings. The number of carbonyl (C=O) groups is 1. The van der Waals surface area contributed by atoms with E-state index in [1.54, 1.807) is 4.52 Å². The fraction of sp³-hybridized carbons (Fsp3) is 0.0500. The summed E-state index contributed by atoms with van der Waals surface area (Å²) < 4.78 is 3.74. The topological polar surface area (TPSA) is 52.2 Å². The Balaban J connectivity index is 1.72. The van der Waals surface area contributed by atoms with Crippen molar-refractivity contribution in [1.29, 1.82) is 0 Å². The van der Waals surface area contributed by atoms with E-state index in [0.717, 1.165) is 33.3 Å². The Kier molecular flexibility index (Phi) is 3.26. The van der Waals surface area contributed by atoms with Crippen LogP contribution in [0.25, 0.3) is 37.7 Å². The Hall–Kier alpha value is -3.25. The zero-order valence-electron chi connectivity index (χ0n) is 14.0. The van der Waals surface area contributed by atoms with Gasteiger partial charge in [-0.05, 0) is 6.07 Å². The van der Waals surface area contributed by atoms with Crippen LogP contribution in [0.2, 0.25) is 0 Å². The van der Waals surface area contributed by atoms with Crippen molar-refractivity contribution in [3.8, 4) is 21.8 Å². The Morgan fingerprint density at radius 3 is 2.62 bits per heavy atom. The highest BCUT2D eigenvalue weighted by Crippen LogP contribution is 2.34. The normalized spacial score (nSPS) is 11.4. The second kappa shape index (κ2) is 5.64. The van der Waals surface area contributed by atoms with Crippen molar-refractivity contribution in [3.05, 3.63) is 66.5 Å². The van der Waals surface area contributed by atoms with E-state index >= 15 is 0 Å². The largest absolute Gasteiger partial charge is 0.350 e. The fourth-order valence-electron chi connectivity index (χ4n) is 3.30. The molecule has 5 aromatic rings. The molecule has 0 aliphatic carbocycles. The molecule has 0 aliphatic heterocycles. The molecule has 0 fully saturated rings. The Morgan fingerprint density at radius 1 is 1.04 bits per heavy atom. The van der Waals surface area contributed by atoms with Crippen LogP contribution in [0.3, 0.4) is 0 Å². The third kappa shape index (κ3) is 2.12. The standard InChI is InChI=1S/C20H14N4OS/c1-23-11-15(14-9-5-6-10-16(14)23)19-22-24-17(12-25)18(21-20(24)26-19)13-7-3-2-4-8-13/h2-12H,1H3. The van der Waals surface area contributed by atoms with Gasteiger partial charge in [-0.3, -0.25) is 4.79 Å². The molecule has 0 saturated heterocycles. The number of benzene rings is 2. The molecule has 6 heteroatoms. The average Bonchev–Trinajstić information content (AvgIpc) is 3.33. The fourth-order valence-corrected chi connectivity index (χ4v) is 4.23. The number of aryl methyl sites for hydroxylation is 1. The van der Waals surface area contributed by atoms with Crippen molar-refractivity contribution >= 4 is 33.5 Å². The molecule has 2 aromatic carbocycles. The average molecular weight is 358 g/mol. The highest BCUT2D eigenvalue weighted by Gasteiger charge is 2.19. The summed E-state index contributed by atoms with van der Waals surface area (Å²) in [6.07, 6.45) is 2.90. The van der Waals surface area contributed by atoms with Crippen LogP contribution >= 0.6 is 11.3 Å². The molecule has 0 atom stereocenters. The Morgan fingerprint density at radius 2 is 1.81 bits per heavy atom. The third-order valence-electron chi connectivity index (χ3n) is 4.52. The lowest BCUT2D eigenvalue weighted by Gasteiger charge is -1.97. The number of nitrogens with zero attached hydrogens (tertiary/aromatic N) is 4. The molecule has 3 aromatic heterocycles. The molecular formula is C20H14N4OS. The van der Waals surface area contributed by atoms with Crippen LogP contribution < -0.4 is 0 Å². The lowest BCUT2D eigenvalue weighted by atomic mass is 10.1. The van der Waals surface area contributed by atoms with Gasteiger partial charge in [0.2, 0.25) is 4.96 Å². The highest BCUT2D eigenvalue weighted by molar-refractivity contribution is 7.20. The first-order chi connectivity index (χ1) is 12.8. The number of aldehydes is 1. The quantitative estimate of drug-likeness (QED) is 0.448. The van der Waals surface area contributed by atoms with E-state index in [1.807, 2.05) is 49.5 Å². The highest BCUT2D eigenvalue weighted by atomic mass is 32.1. The summed E-state index contributed by atoms with van der Waals surface area (Å²) in [5.41, 5.74) is 4.27. The number of rotatable bonds is 3. The number of fused-ring (bicyclic) bond motifs is 2. The van der Waals surface area contributed by atoms with E-state index in [-0.39, 0.29) is 0 Å². The molecule has 0 spiro atoms. The minimum absolute atomic E-state index is 0.480. The lowest BCUT2D eigenvalue weighted by molar-refractivity contribution is 0.111. The lowest BCUT2D eigenvalue weighted by Crippen LogP contribution is -1.94. The molecule has 0 saturated carbocycles. The molecule has 0 N–H and O–H groups in total. The van der Waals surface area contributed by atoms with Crippen molar-refractivity contribution in [1.82, 2.24) is 19.2 Å². The number of para-hydroxylation sites is 1. The third-order valence-corrected chi connectivity index (χ3v) is 5.47. The molecule has 126 valence electrons. The second-order valence-electron chi connectivity index (χ2n) is 6.10. The minimum atomic E-state index is 0.480. The second-order valence-corrected chi connectivity index (χ2v) is 7.06. The van der Waals surface area contributed by atoms with E-state index in [2.05, 4.69) is 27.9 Å². The molecule has 0 bridgehead atoms.